The lowest BCUT2D eigenvalue weighted by atomic mass is 10.2. The van der Waals surface area contributed by atoms with Crippen LogP contribution in [0.2, 0.25) is 5.02 Å². The molecule has 1 aromatic carbocycles. The van der Waals surface area contributed by atoms with E-state index < -0.39 is 0 Å². The molecule has 31 heavy (non-hydrogen) atoms. The summed E-state index contributed by atoms with van der Waals surface area (Å²) in [6, 6.07) is 16.7. The van der Waals surface area contributed by atoms with Gasteiger partial charge >= 0.3 is 0 Å². The van der Waals surface area contributed by atoms with Crippen molar-refractivity contribution in [3.05, 3.63) is 93.3 Å². The van der Waals surface area contributed by atoms with Gasteiger partial charge in [0.2, 0.25) is 0 Å². The van der Waals surface area contributed by atoms with Gasteiger partial charge in [-0.05, 0) is 49.2 Å². The number of hydrogen-bond acceptors (Lipinski definition) is 4. The van der Waals surface area contributed by atoms with Crippen LogP contribution in [0.25, 0.3) is 11.3 Å². The summed E-state index contributed by atoms with van der Waals surface area (Å²) in [5.74, 6) is 0.786. The fourth-order valence-electron chi connectivity index (χ4n) is 3.81. The van der Waals surface area contributed by atoms with E-state index in [0.29, 0.717) is 17.4 Å². The van der Waals surface area contributed by atoms with Crippen LogP contribution in [-0.4, -0.2) is 14.0 Å². The summed E-state index contributed by atoms with van der Waals surface area (Å²) < 4.78 is 9.31. The second kappa shape index (κ2) is 7.60. The van der Waals surface area contributed by atoms with Crippen LogP contribution < -0.4 is 10.3 Å². The van der Waals surface area contributed by atoms with E-state index in [1.165, 1.54) is 6.07 Å². The van der Waals surface area contributed by atoms with Gasteiger partial charge < -0.3 is 9.14 Å². The zero-order valence-electron chi connectivity index (χ0n) is 16.8. The third-order valence-corrected chi connectivity index (χ3v) is 5.93. The largest absolute Gasteiger partial charge is 0.489 e. The Hall–Kier alpha value is -3.56. The summed E-state index contributed by atoms with van der Waals surface area (Å²) in [7, 11) is 0. The first-order valence-corrected chi connectivity index (χ1v) is 10.4. The van der Waals surface area contributed by atoms with Gasteiger partial charge in [0.05, 0.1) is 23.4 Å². The molecule has 2 atom stereocenters. The Morgan fingerprint density at radius 1 is 1.23 bits per heavy atom. The molecule has 0 amide bonds. The third-order valence-electron chi connectivity index (χ3n) is 5.67. The van der Waals surface area contributed by atoms with E-state index >= 15 is 0 Å². The molecule has 0 N–H and O–H groups in total. The van der Waals surface area contributed by atoms with E-state index in [-0.39, 0.29) is 17.4 Å². The number of nitriles is 1. The molecule has 1 saturated carbocycles. The highest BCUT2D eigenvalue weighted by molar-refractivity contribution is 6.30. The van der Waals surface area contributed by atoms with Crippen molar-refractivity contribution in [2.75, 3.05) is 0 Å². The number of aryl methyl sites for hydroxylation is 1. The molecule has 4 aromatic rings. The van der Waals surface area contributed by atoms with Gasteiger partial charge in [-0.1, -0.05) is 23.7 Å². The van der Waals surface area contributed by atoms with Crippen LogP contribution in [0.4, 0.5) is 0 Å². The number of imidazole rings is 1. The molecule has 5 rings (SSSR count). The Morgan fingerprint density at radius 3 is 2.74 bits per heavy atom. The first kappa shape index (κ1) is 19.4. The summed E-state index contributed by atoms with van der Waals surface area (Å²) in [5.41, 5.74) is 4.33. The summed E-state index contributed by atoms with van der Waals surface area (Å²) in [6.45, 7) is 2.36. The molecule has 7 heteroatoms. The average molecular weight is 431 g/mol. The Labute approximate surface area is 183 Å². The topological polar surface area (TPSA) is 72.3 Å². The van der Waals surface area contributed by atoms with Crippen LogP contribution in [0, 0.1) is 24.2 Å². The second-order valence-corrected chi connectivity index (χ2v) is 8.20. The van der Waals surface area contributed by atoms with Crippen molar-refractivity contribution in [3.8, 4) is 17.5 Å². The molecule has 0 radical (unpaired) electrons. The Kier molecular flexibility index (Phi) is 4.76. The summed E-state index contributed by atoms with van der Waals surface area (Å²) in [6.07, 6.45) is 4.48. The van der Waals surface area contributed by atoms with Crippen LogP contribution in [-0.2, 0) is 6.61 Å². The third kappa shape index (κ3) is 3.69. The van der Waals surface area contributed by atoms with Crippen molar-refractivity contribution in [1.29, 1.82) is 5.26 Å². The number of pyridine rings is 2. The SMILES string of the molecule is Cc1c(C2CC2C#N)nc2ccc(-n3ccc(OCc4ccc(Cl)cc4)cc3=O)cn12. The maximum Gasteiger partial charge on any atom is 0.258 e. The molecule has 0 aliphatic heterocycles. The Balaban J connectivity index is 1.39. The van der Waals surface area contributed by atoms with E-state index in [9.17, 15) is 4.79 Å². The maximum absolute atomic E-state index is 12.7. The second-order valence-electron chi connectivity index (χ2n) is 7.76. The van der Waals surface area contributed by atoms with Crippen molar-refractivity contribution >= 4 is 17.2 Å². The Morgan fingerprint density at radius 2 is 2.03 bits per heavy atom. The van der Waals surface area contributed by atoms with Gasteiger partial charge in [-0.2, -0.15) is 5.26 Å². The molecule has 3 heterocycles. The standard InChI is InChI=1S/C24H19ClN4O2/c1-15-24(21-10-17(21)12-26)27-22-7-6-19(13-29(15)22)28-9-8-20(11-23(28)30)31-14-16-2-4-18(25)5-3-16/h2-9,11,13,17,21H,10,14H2,1H3. The molecular formula is C24H19ClN4O2. The minimum atomic E-state index is -0.183. The van der Waals surface area contributed by atoms with E-state index in [4.69, 9.17) is 26.6 Å². The number of rotatable bonds is 5. The number of benzene rings is 1. The monoisotopic (exact) mass is 430 g/mol. The normalized spacial score (nSPS) is 17.5. The minimum absolute atomic E-state index is 0.0612. The first-order chi connectivity index (χ1) is 15.0. The predicted octanol–water partition coefficient (Wildman–Crippen LogP) is 4.65. The lowest BCUT2D eigenvalue weighted by molar-refractivity contribution is 0.305. The Bertz CT molecular complexity index is 1380. The van der Waals surface area contributed by atoms with E-state index in [0.717, 1.165) is 34.7 Å². The molecule has 2 unspecified atom stereocenters. The molecule has 0 spiro atoms. The lowest BCUT2D eigenvalue weighted by Crippen LogP contribution is -2.17. The zero-order chi connectivity index (χ0) is 21.5. The zero-order valence-corrected chi connectivity index (χ0v) is 17.6. The van der Waals surface area contributed by atoms with Crippen molar-refractivity contribution in [1.82, 2.24) is 14.0 Å². The van der Waals surface area contributed by atoms with Crippen molar-refractivity contribution in [2.24, 2.45) is 5.92 Å². The van der Waals surface area contributed by atoms with E-state index in [1.807, 2.05) is 53.9 Å². The number of halogens is 1. The number of ether oxygens (including phenoxy) is 1. The lowest BCUT2D eigenvalue weighted by Gasteiger charge is -2.10. The van der Waals surface area contributed by atoms with Gasteiger partial charge in [0.25, 0.3) is 5.56 Å². The molecule has 3 aromatic heterocycles. The summed E-state index contributed by atoms with van der Waals surface area (Å²) in [5, 5.41) is 9.80. The van der Waals surface area contributed by atoms with Crippen LogP contribution in [0.3, 0.4) is 0 Å². The highest BCUT2D eigenvalue weighted by Crippen LogP contribution is 2.47. The molecular weight excluding hydrogens is 412 g/mol. The molecule has 1 aliphatic carbocycles. The van der Waals surface area contributed by atoms with Gasteiger partial charge in [-0.15, -0.1) is 0 Å². The summed E-state index contributed by atoms with van der Waals surface area (Å²) in [4.78, 5) is 17.4. The molecule has 0 saturated heterocycles. The van der Waals surface area contributed by atoms with Gasteiger partial charge in [0.15, 0.2) is 0 Å². The quantitative estimate of drug-likeness (QED) is 0.462. The van der Waals surface area contributed by atoms with Crippen molar-refractivity contribution in [2.45, 2.75) is 25.9 Å². The van der Waals surface area contributed by atoms with Crippen molar-refractivity contribution in [3.63, 3.8) is 0 Å². The van der Waals surface area contributed by atoms with Crippen LogP contribution in [0.5, 0.6) is 5.75 Å². The highest BCUT2D eigenvalue weighted by atomic mass is 35.5. The van der Waals surface area contributed by atoms with Crippen LogP contribution in [0.1, 0.15) is 29.3 Å². The van der Waals surface area contributed by atoms with Crippen LogP contribution in [0.15, 0.2) is 65.7 Å². The number of fused-ring (bicyclic) bond motifs is 1. The highest BCUT2D eigenvalue weighted by Gasteiger charge is 2.41. The number of aromatic nitrogens is 3. The number of hydrogen-bond donors (Lipinski definition) is 0. The average Bonchev–Trinajstić information content (AvgIpc) is 3.49. The molecule has 6 nitrogen and oxygen atoms in total. The van der Waals surface area contributed by atoms with Gasteiger partial charge in [-0.25, -0.2) is 4.98 Å². The molecule has 154 valence electrons. The van der Waals surface area contributed by atoms with Gasteiger partial charge in [-0.3, -0.25) is 9.36 Å². The first-order valence-electron chi connectivity index (χ1n) is 10.0. The molecule has 1 aliphatic rings. The van der Waals surface area contributed by atoms with Crippen molar-refractivity contribution < 1.29 is 4.74 Å². The smallest absolute Gasteiger partial charge is 0.258 e. The van der Waals surface area contributed by atoms with E-state index in [2.05, 4.69) is 6.07 Å². The maximum atomic E-state index is 12.7. The van der Waals surface area contributed by atoms with Crippen LogP contribution >= 0.6 is 11.6 Å². The summed E-state index contributed by atoms with van der Waals surface area (Å²) >= 11 is 5.90. The molecule has 1 fully saturated rings. The number of nitrogens with zero attached hydrogens (tertiary/aromatic N) is 4. The van der Waals surface area contributed by atoms with E-state index in [1.54, 1.807) is 16.8 Å². The van der Waals surface area contributed by atoms with Gasteiger partial charge in [0.1, 0.15) is 18.0 Å². The molecule has 0 bridgehead atoms. The fourth-order valence-corrected chi connectivity index (χ4v) is 3.94. The fraction of sp³-hybridized carbons (Fsp3) is 0.208. The predicted molar refractivity (Wildman–Crippen MR) is 118 cm³/mol. The van der Waals surface area contributed by atoms with Gasteiger partial charge in [0, 0.05) is 35.1 Å². The minimum Gasteiger partial charge on any atom is -0.489 e.